The molecular formula is C18H22N2O5. The van der Waals surface area contributed by atoms with Crippen LogP contribution < -0.4 is 29.6 Å². The third-order valence-electron chi connectivity index (χ3n) is 3.35. The van der Waals surface area contributed by atoms with Crippen LogP contribution in [0.25, 0.3) is 0 Å². The maximum atomic E-state index is 12.0. The number of anilines is 1. The highest BCUT2D eigenvalue weighted by atomic mass is 16.5. The Morgan fingerprint density at radius 1 is 0.920 bits per heavy atom. The van der Waals surface area contributed by atoms with Gasteiger partial charge in [-0.1, -0.05) is 6.07 Å². The van der Waals surface area contributed by atoms with Crippen LogP contribution in [0.2, 0.25) is 0 Å². The van der Waals surface area contributed by atoms with Crippen LogP contribution in [0.15, 0.2) is 42.5 Å². The number of urea groups is 1. The van der Waals surface area contributed by atoms with Crippen molar-refractivity contribution in [3.8, 4) is 23.0 Å². The molecule has 2 rings (SSSR count). The SMILES string of the molecule is COc1cccc(OCCNC(=O)Nc2cc(OC)ccc2OC)c1. The van der Waals surface area contributed by atoms with Gasteiger partial charge in [0.2, 0.25) is 0 Å². The molecule has 7 heteroatoms. The van der Waals surface area contributed by atoms with E-state index < -0.39 is 0 Å². The molecule has 7 nitrogen and oxygen atoms in total. The second kappa shape index (κ2) is 9.27. The molecule has 0 spiro atoms. The van der Waals surface area contributed by atoms with Crippen LogP contribution in [0, 0.1) is 0 Å². The predicted octanol–water partition coefficient (Wildman–Crippen LogP) is 2.91. The highest BCUT2D eigenvalue weighted by Gasteiger charge is 2.08. The van der Waals surface area contributed by atoms with Gasteiger partial charge in [-0.2, -0.15) is 0 Å². The van der Waals surface area contributed by atoms with Crippen LogP contribution >= 0.6 is 0 Å². The van der Waals surface area contributed by atoms with Crippen molar-refractivity contribution in [3.05, 3.63) is 42.5 Å². The zero-order chi connectivity index (χ0) is 18.1. The van der Waals surface area contributed by atoms with Crippen LogP contribution in [0.5, 0.6) is 23.0 Å². The van der Waals surface area contributed by atoms with E-state index in [2.05, 4.69) is 10.6 Å². The number of carbonyl (C=O) groups is 1. The Kier molecular flexibility index (Phi) is 6.76. The Hall–Kier alpha value is -3.09. The summed E-state index contributed by atoms with van der Waals surface area (Å²) in [6.07, 6.45) is 0. The van der Waals surface area contributed by atoms with Gasteiger partial charge in [0.1, 0.15) is 29.6 Å². The maximum absolute atomic E-state index is 12.0. The first-order valence-electron chi connectivity index (χ1n) is 7.70. The molecule has 0 saturated heterocycles. The summed E-state index contributed by atoms with van der Waals surface area (Å²) in [5.74, 6) is 2.56. The van der Waals surface area contributed by atoms with Crippen LogP contribution in [0.4, 0.5) is 10.5 Å². The van der Waals surface area contributed by atoms with Gasteiger partial charge in [-0.25, -0.2) is 4.79 Å². The molecule has 0 radical (unpaired) electrons. The van der Waals surface area contributed by atoms with Crippen molar-refractivity contribution in [1.29, 1.82) is 0 Å². The van der Waals surface area contributed by atoms with E-state index in [1.54, 1.807) is 38.5 Å². The van der Waals surface area contributed by atoms with E-state index >= 15 is 0 Å². The molecule has 25 heavy (non-hydrogen) atoms. The second-order valence-electron chi connectivity index (χ2n) is 4.97. The summed E-state index contributed by atoms with van der Waals surface area (Å²) in [5, 5.41) is 5.44. The highest BCUT2D eigenvalue weighted by Crippen LogP contribution is 2.28. The van der Waals surface area contributed by atoms with Gasteiger partial charge in [0.05, 0.1) is 33.6 Å². The normalized spacial score (nSPS) is 9.88. The molecular weight excluding hydrogens is 324 g/mol. The monoisotopic (exact) mass is 346 g/mol. The smallest absolute Gasteiger partial charge is 0.319 e. The quantitative estimate of drug-likeness (QED) is 0.719. The molecule has 0 atom stereocenters. The molecule has 0 saturated carbocycles. The third kappa shape index (κ3) is 5.49. The van der Waals surface area contributed by atoms with Gasteiger partial charge in [-0.05, 0) is 24.3 Å². The summed E-state index contributed by atoms with van der Waals surface area (Å²) < 4.78 is 21.0. The Morgan fingerprint density at radius 3 is 2.36 bits per heavy atom. The lowest BCUT2D eigenvalue weighted by Gasteiger charge is -2.13. The number of benzene rings is 2. The van der Waals surface area contributed by atoms with Crippen molar-refractivity contribution >= 4 is 11.7 Å². The Bertz CT molecular complexity index is 706. The lowest BCUT2D eigenvalue weighted by Crippen LogP contribution is -2.32. The minimum Gasteiger partial charge on any atom is -0.497 e. The fourth-order valence-corrected chi connectivity index (χ4v) is 2.10. The summed E-state index contributed by atoms with van der Waals surface area (Å²) in [5.41, 5.74) is 0.521. The maximum Gasteiger partial charge on any atom is 0.319 e. The van der Waals surface area contributed by atoms with E-state index in [0.717, 1.165) is 0 Å². The molecule has 2 aromatic carbocycles. The molecule has 0 aliphatic rings. The van der Waals surface area contributed by atoms with Crippen molar-refractivity contribution < 1.29 is 23.7 Å². The average molecular weight is 346 g/mol. The largest absolute Gasteiger partial charge is 0.497 e. The highest BCUT2D eigenvalue weighted by molar-refractivity contribution is 5.91. The standard InChI is InChI=1S/C18H22N2O5/c1-22-13-5-4-6-15(11-13)25-10-9-19-18(21)20-16-12-14(23-2)7-8-17(16)24-3/h4-8,11-12H,9-10H2,1-3H3,(H2,19,20,21). The molecule has 0 heterocycles. The first-order valence-corrected chi connectivity index (χ1v) is 7.70. The van der Waals surface area contributed by atoms with Crippen LogP contribution in [0.1, 0.15) is 0 Å². The Morgan fingerprint density at radius 2 is 1.64 bits per heavy atom. The fraction of sp³-hybridized carbons (Fsp3) is 0.278. The predicted molar refractivity (Wildman–Crippen MR) is 95.1 cm³/mol. The minimum absolute atomic E-state index is 0.329. The topological polar surface area (TPSA) is 78.1 Å². The summed E-state index contributed by atoms with van der Waals surface area (Å²) in [6, 6.07) is 12.1. The number of hydrogen-bond donors (Lipinski definition) is 2. The lowest BCUT2D eigenvalue weighted by molar-refractivity contribution is 0.247. The summed E-state index contributed by atoms with van der Waals surface area (Å²) in [6.45, 7) is 0.672. The number of carbonyl (C=O) groups excluding carboxylic acids is 1. The van der Waals surface area contributed by atoms with Crippen molar-refractivity contribution in [2.75, 3.05) is 39.8 Å². The number of amides is 2. The van der Waals surface area contributed by atoms with E-state index in [-0.39, 0.29) is 6.03 Å². The van der Waals surface area contributed by atoms with Crippen LogP contribution in [-0.4, -0.2) is 40.5 Å². The molecule has 2 aromatic rings. The Balaban J connectivity index is 1.80. The zero-order valence-electron chi connectivity index (χ0n) is 14.5. The fourth-order valence-electron chi connectivity index (χ4n) is 2.10. The first-order chi connectivity index (χ1) is 12.2. The van der Waals surface area contributed by atoms with E-state index in [0.29, 0.717) is 41.8 Å². The third-order valence-corrected chi connectivity index (χ3v) is 3.35. The van der Waals surface area contributed by atoms with Crippen LogP contribution in [0.3, 0.4) is 0 Å². The van der Waals surface area contributed by atoms with E-state index in [1.165, 1.54) is 7.11 Å². The lowest BCUT2D eigenvalue weighted by atomic mass is 10.2. The number of nitrogens with one attached hydrogen (secondary N) is 2. The van der Waals surface area contributed by atoms with Gasteiger partial charge < -0.3 is 29.6 Å². The Labute approximate surface area is 146 Å². The van der Waals surface area contributed by atoms with Gasteiger partial charge >= 0.3 is 6.03 Å². The van der Waals surface area contributed by atoms with E-state index in [9.17, 15) is 4.79 Å². The summed E-state index contributed by atoms with van der Waals surface area (Å²) in [4.78, 5) is 12.0. The van der Waals surface area contributed by atoms with E-state index in [4.69, 9.17) is 18.9 Å². The van der Waals surface area contributed by atoms with Gasteiger partial charge in [-0.15, -0.1) is 0 Å². The minimum atomic E-state index is -0.360. The molecule has 0 aliphatic heterocycles. The molecule has 134 valence electrons. The van der Waals surface area contributed by atoms with E-state index in [1.807, 2.05) is 18.2 Å². The molecule has 2 N–H and O–H groups in total. The number of ether oxygens (including phenoxy) is 4. The average Bonchev–Trinajstić information content (AvgIpc) is 2.65. The first kappa shape index (κ1) is 18.3. The van der Waals surface area contributed by atoms with Gasteiger partial charge in [0, 0.05) is 12.1 Å². The molecule has 0 aliphatic carbocycles. The number of rotatable bonds is 8. The number of hydrogen-bond acceptors (Lipinski definition) is 5. The van der Waals surface area contributed by atoms with Gasteiger partial charge in [-0.3, -0.25) is 0 Å². The number of methoxy groups -OCH3 is 3. The second-order valence-corrected chi connectivity index (χ2v) is 4.97. The molecule has 0 bridgehead atoms. The summed E-state index contributed by atoms with van der Waals surface area (Å²) in [7, 11) is 4.69. The van der Waals surface area contributed by atoms with Crippen LogP contribution in [-0.2, 0) is 0 Å². The molecule has 2 amide bonds. The van der Waals surface area contributed by atoms with Crippen molar-refractivity contribution in [2.45, 2.75) is 0 Å². The van der Waals surface area contributed by atoms with Crippen molar-refractivity contribution in [1.82, 2.24) is 5.32 Å². The molecule has 0 unspecified atom stereocenters. The molecule has 0 aromatic heterocycles. The van der Waals surface area contributed by atoms with Crippen molar-refractivity contribution in [3.63, 3.8) is 0 Å². The summed E-state index contributed by atoms with van der Waals surface area (Å²) >= 11 is 0. The molecule has 0 fully saturated rings. The van der Waals surface area contributed by atoms with Crippen molar-refractivity contribution in [2.24, 2.45) is 0 Å². The zero-order valence-corrected chi connectivity index (χ0v) is 14.5. The van der Waals surface area contributed by atoms with Gasteiger partial charge in [0.25, 0.3) is 0 Å². The van der Waals surface area contributed by atoms with Gasteiger partial charge in [0.15, 0.2) is 0 Å².